The second-order valence-electron chi connectivity index (χ2n) is 9.16. The Labute approximate surface area is 264 Å². The highest BCUT2D eigenvalue weighted by Gasteiger charge is 2.54. The first-order valence-corrected chi connectivity index (χ1v) is 16.2. The summed E-state index contributed by atoms with van der Waals surface area (Å²) in [6.07, 6.45) is 1.20. The fraction of sp³-hybridized carbons (Fsp3) is 0.250. The summed E-state index contributed by atoms with van der Waals surface area (Å²) in [5, 5.41) is 47.5. The van der Waals surface area contributed by atoms with Crippen LogP contribution in [0.25, 0.3) is 0 Å². The molecule has 2 aliphatic rings. The first-order valence-electron chi connectivity index (χ1n) is 12.5. The van der Waals surface area contributed by atoms with Crippen molar-refractivity contribution in [1.29, 1.82) is 0 Å². The SMILES string of the molecule is Cc1nnc(SCC2=C(C(=O)O)N3C(=O)C(NC(=O)C(NC(=O)NN=Cc4ccc(O)c(O)c4)c4csc(N)n4)[C@@H]3SC2)s1. The fourth-order valence-corrected chi connectivity index (χ4v) is 8.06. The molecule has 4 heterocycles. The van der Waals surface area contributed by atoms with Crippen molar-refractivity contribution >= 4 is 81.4 Å². The molecule has 0 aliphatic carbocycles. The van der Waals surface area contributed by atoms with Gasteiger partial charge in [0.25, 0.3) is 5.91 Å². The van der Waals surface area contributed by atoms with E-state index in [1.54, 1.807) is 0 Å². The molecule has 5 rings (SSSR count). The molecule has 0 bridgehead atoms. The lowest BCUT2D eigenvalue weighted by Crippen LogP contribution is -2.71. The van der Waals surface area contributed by atoms with Crippen LogP contribution in [0.1, 0.15) is 22.3 Å². The van der Waals surface area contributed by atoms with Gasteiger partial charge in [-0.05, 0) is 36.3 Å². The van der Waals surface area contributed by atoms with E-state index in [0.717, 1.165) is 21.2 Å². The highest BCUT2D eigenvalue weighted by atomic mass is 32.2. The van der Waals surface area contributed by atoms with E-state index in [0.29, 0.717) is 27.0 Å². The summed E-state index contributed by atoms with van der Waals surface area (Å²) < 4.78 is 0.683. The van der Waals surface area contributed by atoms with E-state index in [1.165, 1.54) is 64.7 Å². The maximum atomic E-state index is 13.4. The van der Waals surface area contributed by atoms with E-state index in [9.17, 15) is 34.5 Å². The number of nitrogens with zero attached hydrogens (tertiary/aromatic N) is 5. The standard InChI is InChI=1S/C24H23N9O7S4/c1-9-30-32-24(44-9)43-7-11-6-41-20-16(19(37)33(20)17(11)21(38)39)28-18(36)15(12-8-42-22(25)27-12)29-23(40)31-26-5-10-2-3-13(34)14(35)4-10/h2-5,8,15-16,20,34-35H,6-7H2,1H3,(H2,25,27)(H,28,36)(H,38,39)(H2,29,31,40)/t15?,16?,20-/m0/s1. The minimum Gasteiger partial charge on any atom is -0.504 e. The van der Waals surface area contributed by atoms with E-state index in [4.69, 9.17) is 5.73 Å². The normalized spacial score (nSPS) is 18.5. The lowest BCUT2D eigenvalue weighted by molar-refractivity contribution is -0.151. The molecule has 1 fully saturated rings. The number of nitrogens with one attached hydrogen (secondary N) is 3. The molecule has 0 radical (unpaired) electrons. The van der Waals surface area contributed by atoms with E-state index in [-0.39, 0.29) is 28.0 Å². The van der Waals surface area contributed by atoms with Gasteiger partial charge in [-0.1, -0.05) is 23.1 Å². The number of anilines is 1. The number of carbonyl (C=O) groups is 4. The van der Waals surface area contributed by atoms with E-state index >= 15 is 0 Å². The molecule has 3 aromatic rings. The Morgan fingerprint density at radius 3 is 2.73 bits per heavy atom. The number of urea groups is 1. The number of phenolic OH excluding ortho intramolecular Hbond substituents is 2. The van der Waals surface area contributed by atoms with E-state index in [2.05, 4.69) is 36.3 Å². The Balaban J connectivity index is 1.25. The molecule has 2 aliphatic heterocycles. The number of carbonyl (C=O) groups excluding carboxylic acids is 3. The summed E-state index contributed by atoms with van der Waals surface area (Å²) in [4.78, 5) is 56.6. The third-order valence-electron chi connectivity index (χ3n) is 6.18. The summed E-state index contributed by atoms with van der Waals surface area (Å²) in [5.41, 5.74) is 8.83. The Bertz CT molecular complexity index is 1690. The molecule has 4 amide bonds. The van der Waals surface area contributed by atoms with Crippen molar-refractivity contribution in [2.75, 3.05) is 17.2 Å². The molecule has 0 saturated carbocycles. The zero-order valence-electron chi connectivity index (χ0n) is 22.5. The van der Waals surface area contributed by atoms with Crippen LogP contribution in [0.3, 0.4) is 0 Å². The average Bonchev–Trinajstić information content (AvgIpc) is 3.61. The number of nitrogens with two attached hydrogens (primary N) is 1. The van der Waals surface area contributed by atoms with Gasteiger partial charge >= 0.3 is 12.0 Å². The maximum absolute atomic E-state index is 13.4. The number of thioether (sulfide) groups is 2. The van der Waals surface area contributed by atoms with Crippen LogP contribution >= 0.6 is 46.2 Å². The number of amides is 4. The summed E-state index contributed by atoms with van der Waals surface area (Å²) in [7, 11) is 0. The molecule has 230 valence electrons. The maximum Gasteiger partial charge on any atom is 0.352 e. The smallest absolute Gasteiger partial charge is 0.352 e. The van der Waals surface area contributed by atoms with Gasteiger partial charge in [-0.25, -0.2) is 20.0 Å². The number of aromatic nitrogens is 3. The second-order valence-corrected chi connectivity index (χ2v) is 13.6. The molecule has 20 heteroatoms. The van der Waals surface area contributed by atoms with Crippen LogP contribution in [0.5, 0.6) is 11.5 Å². The van der Waals surface area contributed by atoms with Gasteiger partial charge in [0, 0.05) is 16.9 Å². The summed E-state index contributed by atoms with van der Waals surface area (Å²) >= 11 is 5.07. The number of benzene rings is 1. The van der Waals surface area contributed by atoms with Crippen LogP contribution in [0.15, 0.2) is 44.3 Å². The number of aryl methyl sites for hydroxylation is 1. The topological polar surface area (TPSA) is 245 Å². The summed E-state index contributed by atoms with van der Waals surface area (Å²) in [5.74, 6) is -2.71. The number of fused-ring (bicyclic) bond motifs is 1. The number of β-lactam (4-membered cyclic amide) rings is 1. The van der Waals surface area contributed by atoms with Gasteiger partial charge in [0.05, 0.1) is 11.9 Å². The molecule has 2 unspecified atom stereocenters. The van der Waals surface area contributed by atoms with Crippen LogP contribution in [0.2, 0.25) is 0 Å². The summed E-state index contributed by atoms with van der Waals surface area (Å²) in [6.45, 7) is 1.81. The van der Waals surface area contributed by atoms with Gasteiger partial charge in [-0.3, -0.25) is 14.5 Å². The monoisotopic (exact) mass is 677 g/mol. The molecule has 16 nitrogen and oxygen atoms in total. The van der Waals surface area contributed by atoms with Gasteiger partial charge in [0.2, 0.25) is 5.91 Å². The predicted octanol–water partition coefficient (Wildman–Crippen LogP) is 1.20. The van der Waals surface area contributed by atoms with Crippen molar-refractivity contribution < 1.29 is 34.5 Å². The van der Waals surface area contributed by atoms with Crippen molar-refractivity contribution in [2.24, 2.45) is 5.10 Å². The van der Waals surface area contributed by atoms with Gasteiger partial charge in [0.1, 0.15) is 22.1 Å². The number of carboxylic acid groups (broad SMARTS) is 1. The molecule has 1 saturated heterocycles. The number of thiazole rings is 1. The minimum atomic E-state index is -1.37. The van der Waals surface area contributed by atoms with Crippen LogP contribution in [-0.4, -0.2) is 88.4 Å². The molecule has 44 heavy (non-hydrogen) atoms. The number of hydrogen-bond donors (Lipinski definition) is 7. The number of carboxylic acids is 1. The Morgan fingerprint density at radius 1 is 1.27 bits per heavy atom. The number of rotatable bonds is 10. The van der Waals surface area contributed by atoms with Crippen LogP contribution in [0.4, 0.5) is 9.93 Å². The zero-order valence-corrected chi connectivity index (χ0v) is 25.7. The minimum absolute atomic E-state index is 0.116. The first kappa shape index (κ1) is 31.0. The molecule has 1 aromatic carbocycles. The van der Waals surface area contributed by atoms with Crippen LogP contribution in [0, 0.1) is 6.92 Å². The highest BCUT2D eigenvalue weighted by Crippen LogP contribution is 2.42. The molecule has 0 spiro atoms. The summed E-state index contributed by atoms with van der Waals surface area (Å²) in [6, 6.07) is 0.595. The first-order chi connectivity index (χ1) is 21.0. The number of aromatic hydroxyl groups is 2. The lowest BCUT2D eigenvalue weighted by atomic mass is 10.0. The van der Waals surface area contributed by atoms with Crippen LogP contribution in [-0.2, 0) is 14.4 Å². The molecule has 8 N–H and O–H groups in total. The number of aliphatic carboxylic acids is 1. The number of phenols is 2. The Hall–Kier alpha value is -4.40. The van der Waals surface area contributed by atoms with Crippen LogP contribution < -0.4 is 21.8 Å². The van der Waals surface area contributed by atoms with Gasteiger partial charge in [-0.15, -0.1) is 33.3 Å². The van der Waals surface area contributed by atoms with Gasteiger partial charge in [-0.2, -0.15) is 5.10 Å². The third-order valence-corrected chi connectivity index (χ3v) is 10.3. The molecule has 2 aromatic heterocycles. The Morgan fingerprint density at radius 2 is 2.07 bits per heavy atom. The van der Waals surface area contributed by atoms with E-state index < -0.39 is 41.3 Å². The second kappa shape index (κ2) is 13.1. The molecular formula is C24H23N9O7S4. The van der Waals surface area contributed by atoms with Gasteiger partial charge < -0.3 is 31.7 Å². The quantitative estimate of drug-likeness (QED) is 0.0525. The van der Waals surface area contributed by atoms with Crippen molar-refractivity contribution in [1.82, 2.24) is 36.1 Å². The van der Waals surface area contributed by atoms with E-state index in [1.807, 2.05) is 6.92 Å². The van der Waals surface area contributed by atoms with Crippen molar-refractivity contribution in [3.63, 3.8) is 0 Å². The fourth-order valence-electron chi connectivity index (χ4n) is 4.17. The van der Waals surface area contributed by atoms with Crippen molar-refractivity contribution in [2.45, 2.75) is 28.7 Å². The highest BCUT2D eigenvalue weighted by molar-refractivity contribution is 8.01. The number of hydrogen-bond acceptors (Lipinski definition) is 15. The largest absolute Gasteiger partial charge is 0.504 e. The van der Waals surface area contributed by atoms with Crippen molar-refractivity contribution in [3.05, 3.63) is 51.1 Å². The third kappa shape index (κ3) is 6.72. The van der Waals surface area contributed by atoms with Crippen molar-refractivity contribution in [3.8, 4) is 11.5 Å². The molecular weight excluding hydrogens is 655 g/mol. The molecule has 3 atom stereocenters. The average molecular weight is 678 g/mol. The zero-order chi connectivity index (χ0) is 31.5. The van der Waals surface area contributed by atoms with Gasteiger partial charge in [0.15, 0.2) is 27.0 Å². The number of hydrazone groups is 1. The lowest BCUT2D eigenvalue weighted by Gasteiger charge is -2.49. The Kier molecular flexibility index (Phi) is 9.22. The number of nitrogen functional groups attached to an aromatic ring is 1. The predicted molar refractivity (Wildman–Crippen MR) is 163 cm³/mol.